The Labute approximate surface area is 179 Å². The number of sulfonamides is 1. The first kappa shape index (κ1) is 21.2. The number of halogens is 1. The van der Waals surface area contributed by atoms with Crippen molar-refractivity contribution in [1.29, 1.82) is 0 Å². The molecule has 1 amide bonds. The van der Waals surface area contributed by atoms with E-state index in [1.165, 1.54) is 23.9 Å². The summed E-state index contributed by atoms with van der Waals surface area (Å²) in [4.78, 5) is 13.5. The highest BCUT2D eigenvalue weighted by Crippen LogP contribution is 2.26. The highest BCUT2D eigenvalue weighted by molar-refractivity contribution is 8.00. The maximum absolute atomic E-state index is 12.5. The van der Waals surface area contributed by atoms with Gasteiger partial charge in [0.05, 0.1) is 10.1 Å². The Morgan fingerprint density at radius 3 is 2.14 bits per heavy atom. The van der Waals surface area contributed by atoms with Crippen molar-refractivity contribution in [2.75, 3.05) is 10.0 Å². The molecule has 3 aromatic carbocycles. The summed E-state index contributed by atoms with van der Waals surface area (Å²) in [6, 6.07) is 22.0. The van der Waals surface area contributed by atoms with Crippen molar-refractivity contribution in [3.8, 4) is 0 Å². The van der Waals surface area contributed by atoms with Gasteiger partial charge in [-0.05, 0) is 67.6 Å². The van der Waals surface area contributed by atoms with Crippen LogP contribution in [0.1, 0.15) is 6.92 Å². The molecule has 1 atom stereocenters. The number of benzene rings is 3. The number of anilines is 2. The molecule has 3 aromatic rings. The van der Waals surface area contributed by atoms with Crippen molar-refractivity contribution in [3.05, 3.63) is 83.9 Å². The summed E-state index contributed by atoms with van der Waals surface area (Å²) < 4.78 is 27.4. The number of rotatable bonds is 7. The van der Waals surface area contributed by atoms with Crippen LogP contribution in [0.25, 0.3) is 0 Å². The Morgan fingerprint density at radius 2 is 1.52 bits per heavy atom. The van der Waals surface area contributed by atoms with Gasteiger partial charge in [-0.1, -0.05) is 29.8 Å². The van der Waals surface area contributed by atoms with Gasteiger partial charge in [-0.3, -0.25) is 9.52 Å². The summed E-state index contributed by atoms with van der Waals surface area (Å²) >= 11 is 7.28. The molecule has 0 heterocycles. The summed E-state index contributed by atoms with van der Waals surface area (Å²) in [6.45, 7) is 1.80. The van der Waals surface area contributed by atoms with Gasteiger partial charge in [0.15, 0.2) is 0 Å². The lowest BCUT2D eigenvalue weighted by Crippen LogP contribution is -2.22. The van der Waals surface area contributed by atoms with E-state index in [2.05, 4.69) is 10.0 Å². The van der Waals surface area contributed by atoms with E-state index >= 15 is 0 Å². The molecule has 0 saturated carbocycles. The molecule has 0 aliphatic heterocycles. The van der Waals surface area contributed by atoms with Gasteiger partial charge < -0.3 is 5.32 Å². The number of hydrogen-bond acceptors (Lipinski definition) is 4. The molecule has 0 spiro atoms. The van der Waals surface area contributed by atoms with E-state index < -0.39 is 10.0 Å². The van der Waals surface area contributed by atoms with Gasteiger partial charge in [0.1, 0.15) is 0 Å². The second-order valence-electron chi connectivity index (χ2n) is 6.20. The lowest BCUT2D eigenvalue weighted by atomic mass is 10.3. The van der Waals surface area contributed by atoms with Gasteiger partial charge >= 0.3 is 0 Å². The first-order chi connectivity index (χ1) is 13.8. The van der Waals surface area contributed by atoms with E-state index in [-0.39, 0.29) is 16.1 Å². The van der Waals surface area contributed by atoms with Gasteiger partial charge in [0.2, 0.25) is 5.91 Å². The molecule has 8 heteroatoms. The minimum atomic E-state index is -3.70. The van der Waals surface area contributed by atoms with Crippen LogP contribution in [-0.4, -0.2) is 19.6 Å². The summed E-state index contributed by atoms with van der Waals surface area (Å²) in [5.41, 5.74) is 1.01. The molecule has 0 saturated heterocycles. The molecule has 0 radical (unpaired) electrons. The van der Waals surface area contributed by atoms with Gasteiger partial charge in [-0.25, -0.2) is 8.42 Å². The number of nitrogens with one attached hydrogen (secondary N) is 2. The number of carbonyl (C=O) groups is 1. The lowest BCUT2D eigenvalue weighted by molar-refractivity contribution is -0.115. The monoisotopic (exact) mass is 446 g/mol. The normalized spacial score (nSPS) is 12.2. The van der Waals surface area contributed by atoms with E-state index in [0.717, 1.165) is 4.90 Å². The molecule has 0 aromatic heterocycles. The van der Waals surface area contributed by atoms with Crippen molar-refractivity contribution in [1.82, 2.24) is 0 Å². The molecular weight excluding hydrogens is 428 g/mol. The van der Waals surface area contributed by atoms with Crippen LogP contribution in [0.5, 0.6) is 0 Å². The zero-order chi connectivity index (χ0) is 20.9. The van der Waals surface area contributed by atoms with Gasteiger partial charge in [-0.2, -0.15) is 0 Å². The largest absolute Gasteiger partial charge is 0.325 e. The van der Waals surface area contributed by atoms with Crippen molar-refractivity contribution in [2.24, 2.45) is 0 Å². The van der Waals surface area contributed by atoms with Crippen LogP contribution < -0.4 is 10.0 Å². The Bertz CT molecular complexity index is 1070. The summed E-state index contributed by atoms with van der Waals surface area (Å²) in [7, 11) is -3.70. The molecular formula is C21H19ClN2O3S2. The highest BCUT2D eigenvalue weighted by atomic mass is 35.5. The van der Waals surface area contributed by atoms with Crippen LogP contribution >= 0.6 is 23.4 Å². The Kier molecular flexibility index (Phi) is 6.84. The number of hydrogen-bond donors (Lipinski definition) is 2. The van der Waals surface area contributed by atoms with Crippen LogP contribution in [0.15, 0.2) is 88.7 Å². The lowest BCUT2D eigenvalue weighted by Gasteiger charge is -2.13. The number of carbonyl (C=O) groups excluding carboxylic acids is 1. The maximum atomic E-state index is 12.5. The van der Waals surface area contributed by atoms with Crippen LogP contribution in [0.4, 0.5) is 11.4 Å². The fourth-order valence-corrected chi connectivity index (χ4v) is 4.50. The van der Waals surface area contributed by atoms with E-state index in [4.69, 9.17) is 11.6 Å². The molecule has 29 heavy (non-hydrogen) atoms. The van der Waals surface area contributed by atoms with Crippen molar-refractivity contribution in [3.63, 3.8) is 0 Å². The van der Waals surface area contributed by atoms with Crippen LogP contribution in [0.2, 0.25) is 5.02 Å². The first-order valence-electron chi connectivity index (χ1n) is 8.74. The van der Waals surface area contributed by atoms with Gasteiger partial charge in [0, 0.05) is 21.3 Å². The van der Waals surface area contributed by atoms with E-state index in [1.807, 2.05) is 18.2 Å². The number of para-hydroxylation sites is 1. The molecule has 0 aliphatic rings. The van der Waals surface area contributed by atoms with Crippen molar-refractivity contribution in [2.45, 2.75) is 22.0 Å². The smallest absolute Gasteiger partial charge is 0.261 e. The fraction of sp³-hybridized carbons (Fsp3) is 0.0952. The van der Waals surface area contributed by atoms with Crippen LogP contribution in [0, 0.1) is 0 Å². The quantitative estimate of drug-likeness (QED) is 0.485. The number of amides is 1. The van der Waals surface area contributed by atoms with E-state index in [0.29, 0.717) is 16.4 Å². The van der Waals surface area contributed by atoms with Crippen LogP contribution in [0.3, 0.4) is 0 Å². The summed E-state index contributed by atoms with van der Waals surface area (Å²) in [5, 5.41) is 3.11. The predicted molar refractivity (Wildman–Crippen MR) is 119 cm³/mol. The molecule has 0 aliphatic carbocycles. The Balaban J connectivity index is 1.62. The molecule has 3 rings (SSSR count). The maximum Gasteiger partial charge on any atom is 0.261 e. The molecule has 5 nitrogen and oxygen atoms in total. The van der Waals surface area contributed by atoms with E-state index in [1.54, 1.807) is 55.5 Å². The van der Waals surface area contributed by atoms with Crippen molar-refractivity contribution >= 4 is 50.7 Å². The third kappa shape index (κ3) is 6.00. The van der Waals surface area contributed by atoms with Gasteiger partial charge in [-0.15, -0.1) is 11.8 Å². The molecule has 0 unspecified atom stereocenters. The SMILES string of the molecule is C[C@@H](Sc1ccc(Cl)cc1)C(=O)Nc1ccc(S(=O)(=O)Nc2ccccc2)cc1. The average molecular weight is 447 g/mol. The fourth-order valence-electron chi connectivity index (χ4n) is 2.45. The standard InChI is InChI=1S/C21H19ClN2O3S2/c1-15(28-19-11-7-16(22)8-12-19)21(25)23-17-9-13-20(14-10-17)29(26,27)24-18-5-3-2-4-6-18/h2-15,24H,1H3,(H,23,25)/t15-/m1/s1. The molecule has 150 valence electrons. The third-order valence-corrected chi connectivity index (χ3v) is 6.72. The second kappa shape index (κ2) is 9.35. The third-order valence-electron chi connectivity index (χ3n) is 3.95. The predicted octanol–water partition coefficient (Wildman–Crippen LogP) is 5.26. The molecule has 0 bridgehead atoms. The van der Waals surface area contributed by atoms with E-state index in [9.17, 15) is 13.2 Å². The highest BCUT2D eigenvalue weighted by Gasteiger charge is 2.17. The second-order valence-corrected chi connectivity index (χ2v) is 9.73. The minimum Gasteiger partial charge on any atom is -0.325 e. The van der Waals surface area contributed by atoms with Gasteiger partial charge in [0.25, 0.3) is 10.0 Å². The zero-order valence-corrected chi connectivity index (χ0v) is 17.9. The Hall–Kier alpha value is -2.48. The molecule has 2 N–H and O–H groups in total. The minimum absolute atomic E-state index is 0.114. The summed E-state index contributed by atoms with van der Waals surface area (Å²) in [6.07, 6.45) is 0. The van der Waals surface area contributed by atoms with Crippen molar-refractivity contribution < 1.29 is 13.2 Å². The first-order valence-corrected chi connectivity index (χ1v) is 11.5. The Morgan fingerprint density at radius 1 is 0.897 bits per heavy atom. The number of thioether (sulfide) groups is 1. The summed E-state index contributed by atoms with van der Waals surface area (Å²) in [5.74, 6) is -0.178. The average Bonchev–Trinajstić information content (AvgIpc) is 2.70. The van der Waals surface area contributed by atoms with Crippen LogP contribution in [-0.2, 0) is 14.8 Å². The zero-order valence-electron chi connectivity index (χ0n) is 15.5. The molecule has 0 fully saturated rings. The topological polar surface area (TPSA) is 75.3 Å².